The van der Waals surface area contributed by atoms with Crippen LogP contribution in [0.4, 0.5) is 4.39 Å². The number of aromatic amines is 1. The second kappa shape index (κ2) is 4.00. The molecule has 0 radical (unpaired) electrons. The van der Waals surface area contributed by atoms with Gasteiger partial charge >= 0.3 is 5.97 Å². The third kappa shape index (κ3) is 1.93. The van der Waals surface area contributed by atoms with E-state index in [1.165, 1.54) is 12.1 Å². The van der Waals surface area contributed by atoms with Crippen LogP contribution in [0.3, 0.4) is 0 Å². The fourth-order valence-corrected chi connectivity index (χ4v) is 1.33. The molecule has 1 N–H and O–H groups in total. The van der Waals surface area contributed by atoms with Crippen LogP contribution in [0, 0.1) is 6.01 Å². The maximum Gasteiger partial charge on any atom is 0.355 e. The van der Waals surface area contributed by atoms with Crippen LogP contribution in [0.25, 0.3) is 11.1 Å². The topological polar surface area (TPSA) is 55.2 Å². The number of nitrogens with one attached hydrogen (secondary N) is 1. The van der Waals surface area contributed by atoms with Crippen molar-refractivity contribution in [2.45, 2.75) is 26.4 Å². The second-order valence-corrected chi connectivity index (χ2v) is 3.64. The predicted octanol–water partition coefficient (Wildman–Crippen LogP) is 2.86. The van der Waals surface area contributed by atoms with Crippen LogP contribution in [-0.4, -0.2) is 17.1 Å². The van der Waals surface area contributed by atoms with Crippen LogP contribution in [0.15, 0.2) is 16.5 Å². The highest BCUT2D eigenvalue weighted by Crippen LogP contribution is 2.19. The molecule has 1 unspecified atom stereocenters. The number of carbonyl (C=O) groups is 1. The number of ether oxygens (including phenoxy) is 1. The van der Waals surface area contributed by atoms with Gasteiger partial charge in [0, 0.05) is 12.1 Å². The molecule has 0 bridgehead atoms. The van der Waals surface area contributed by atoms with Gasteiger partial charge in [0.25, 0.3) is 6.01 Å². The number of hydrogen-bond donors (Lipinski definition) is 1. The zero-order chi connectivity index (χ0) is 11.7. The van der Waals surface area contributed by atoms with Gasteiger partial charge in [-0.2, -0.15) is 4.39 Å². The van der Waals surface area contributed by atoms with Crippen molar-refractivity contribution < 1.29 is 18.3 Å². The highest BCUT2D eigenvalue weighted by Gasteiger charge is 2.15. The fourth-order valence-electron chi connectivity index (χ4n) is 1.33. The summed E-state index contributed by atoms with van der Waals surface area (Å²) in [4.78, 5) is 14.3. The summed E-state index contributed by atoms with van der Waals surface area (Å²) in [5.41, 5.74) is 1.04. The minimum atomic E-state index is -0.678. The summed E-state index contributed by atoms with van der Waals surface area (Å²) in [6.07, 6.45) is 0.607. The van der Waals surface area contributed by atoms with Crippen molar-refractivity contribution in [3.8, 4) is 0 Å². The summed E-state index contributed by atoms with van der Waals surface area (Å²) in [6, 6.07) is 1.95. The average Bonchev–Trinajstić information content (AvgIpc) is 2.74. The van der Waals surface area contributed by atoms with Crippen LogP contribution < -0.4 is 0 Å². The van der Waals surface area contributed by atoms with Gasteiger partial charge in [-0.05, 0) is 13.3 Å². The predicted molar refractivity (Wildman–Crippen MR) is 55.7 cm³/mol. The molecule has 0 spiro atoms. The summed E-state index contributed by atoms with van der Waals surface area (Å²) in [7, 11) is 0. The van der Waals surface area contributed by atoms with Crippen LogP contribution in [0.2, 0.25) is 0 Å². The van der Waals surface area contributed by atoms with E-state index >= 15 is 0 Å². The standard InChI is InChI=1S/C11H12FNO3/c1-3-6(2)15-11(14)8-4-9-7(13-8)5-10(12)16-9/h4-6,13H,3H2,1-2H3. The van der Waals surface area contributed by atoms with E-state index in [0.29, 0.717) is 11.1 Å². The van der Waals surface area contributed by atoms with Crippen molar-refractivity contribution in [3.63, 3.8) is 0 Å². The molecule has 4 nitrogen and oxygen atoms in total. The average molecular weight is 225 g/mol. The van der Waals surface area contributed by atoms with Crippen molar-refractivity contribution >= 4 is 17.1 Å². The Hall–Kier alpha value is -1.78. The Kier molecular flexibility index (Phi) is 2.68. The normalized spacial score (nSPS) is 12.9. The van der Waals surface area contributed by atoms with Crippen molar-refractivity contribution in [2.24, 2.45) is 0 Å². The Bertz CT molecular complexity index is 483. The Morgan fingerprint density at radius 1 is 1.62 bits per heavy atom. The zero-order valence-corrected chi connectivity index (χ0v) is 9.04. The van der Waals surface area contributed by atoms with E-state index in [1.54, 1.807) is 0 Å². The van der Waals surface area contributed by atoms with E-state index in [4.69, 9.17) is 9.15 Å². The van der Waals surface area contributed by atoms with E-state index < -0.39 is 12.0 Å². The van der Waals surface area contributed by atoms with Crippen molar-refractivity contribution in [1.29, 1.82) is 0 Å². The number of carbonyl (C=O) groups excluding carboxylic acids is 1. The van der Waals surface area contributed by atoms with E-state index in [9.17, 15) is 9.18 Å². The SMILES string of the molecule is CCC(C)OC(=O)c1cc2oc(F)cc2[nH]1. The number of hydrogen-bond acceptors (Lipinski definition) is 3. The minimum Gasteiger partial charge on any atom is -0.458 e. The van der Waals surface area contributed by atoms with Gasteiger partial charge in [-0.15, -0.1) is 0 Å². The molecule has 0 aliphatic carbocycles. The first kappa shape index (κ1) is 10.7. The van der Waals surface area contributed by atoms with Crippen molar-refractivity contribution in [3.05, 3.63) is 23.8 Å². The quantitative estimate of drug-likeness (QED) is 0.817. The summed E-state index contributed by atoms with van der Waals surface area (Å²) < 4.78 is 22.5. The molecule has 2 aromatic rings. The van der Waals surface area contributed by atoms with Gasteiger partial charge in [-0.25, -0.2) is 4.79 Å². The van der Waals surface area contributed by atoms with Crippen molar-refractivity contribution in [1.82, 2.24) is 4.98 Å². The summed E-state index contributed by atoms with van der Waals surface area (Å²) in [5.74, 6) is -0.457. The molecule has 0 aliphatic rings. The van der Waals surface area contributed by atoms with Crippen LogP contribution >= 0.6 is 0 Å². The van der Waals surface area contributed by atoms with E-state index in [-0.39, 0.29) is 11.8 Å². The van der Waals surface area contributed by atoms with Gasteiger partial charge < -0.3 is 14.1 Å². The molecule has 0 saturated carbocycles. The van der Waals surface area contributed by atoms with Gasteiger partial charge in [0.1, 0.15) is 5.69 Å². The lowest BCUT2D eigenvalue weighted by Gasteiger charge is -2.09. The van der Waals surface area contributed by atoms with Crippen LogP contribution in [-0.2, 0) is 4.74 Å². The Balaban J connectivity index is 2.20. The zero-order valence-electron chi connectivity index (χ0n) is 9.04. The summed E-state index contributed by atoms with van der Waals surface area (Å²) >= 11 is 0. The Morgan fingerprint density at radius 3 is 3.00 bits per heavy atom. The molecular formula is C11H12FNO3. The van der Waals surface area contributed by atoms with Crippen molar-refractivity contribution in [2.75, 3.05) is 0 Å². The first-order valence-electron chi connectivity index (χ1n) is 5.09. The summed E-state index contributed by atoms with van der Waals surface area (Å²) in [6.45, 7) is 3.73. The highest BCUT2D eigenvalue weighted by atomic mass is 19.1. The molecule has 5 heteroatoms. The second-order valence-electron chi connectivity index (χ2n) is 3.64. The fraction of sp³-hybridized carbons (Fsp3) is 0.364. The monoisotopic (exact) mass is 225 g/mol. The molecular weight excluding hydrogens is 213 g/mol. The first-order valence-corrected chi connectivity index (χ1v) is 5.09. The van der Waals surface area contributed by atoms with Crippen LogP contribution in [0.5, 0.6) is 0 Å². The maximum atomic E-state index is 12.6. The van der Waals surface area contributed by atoms with Gasteiger partial charge in [-0.3, -0.25) is 0 Å². The first-order chi connectivity index (χ1) is 7.60. The molecule has 0 amide bonds. The third-order valence-electron chi connectivity index (χ3n) is 2.38. The molecule has 0 aliphatic heterocycles. The van der Waals surface area contributed by atoms with E-state index in [0.717, 1.165) is 6.42 Å². The highest BCUT2D eigenvalue weighted by molar-refractivity contribution is 5.93. The lowest BCUT2D eigenvalue weighted by Crippen LogP contribution is -2.14. The molecule has 2 rings (SSSR count). The minimum absolute atomic E-state index is 0.140. The number of furan rings is 1. The van der Waals surface area contributed by atoms with E-state index in [2.05, 4.69) is 4.98 Å². The molecule has 2 heterocycles. The number of fused-ring (bicyclic) bond motifs is 1. The van der Waals surface area contributed by atoms with Gasteiger partial charge in [0.2, 0.25) is 0 Å². The van der Waals surface area contributed by atoms with Gasteiger partial charge in [0.15, 0.2) is 5.58 Å². The lowest BCUT2D eigenvalue weighted by molar-refractivity contribution is 0.0328. The Morgan fingerprint density at radius 2 is 2.38 bits per heavy atom. The molecule has 0 fully saturated rings. The number of H-pyrrole nitrogens is 1. The molecule has 2 aromatic heterocycles. The van der Waals surface area contributed by atoms with Gasteiger partial charge in [-0.1, -0.05) is 6.92 Å². The largest absolute Gasteiger partial charge is 0.458 e. The maximum absolute atomic E-state index is 12.6. The smallest absolute Gasteiger partial charge is 0.355 e. The summed E-state index contributed by atoms with van der Waals surface area (Å²) in [5, 5.41) is 0. The Labute approximate surface area is 91.4 Å². The van der Waals surface area contributed by atoms with E-state index in [1.807, 2.05) is 13.8 Å². The molecule has 0 saturated heterocycles. The number of halogens is 1. The van der Waals surface area contributed by atoms with Gasteiger partial charge in [0.05, 0.1) is 11.6 Å². The molecule has 1 atom stereocenters. The number of rotatable bonds is 3. The third-order valence-corrected chi connectivity index (χ3v) is 2.38. The molecule has 16 heavy (non-hydrogen) atoms. The number of esters is 1. The molecule has 0 aromatic carbocycles. The number of aromatic nitrogens is 1. The molecule has 86 valence electrons. The lowest BCUT2D eigenvalue weighted by atomic mass is 10.3. The van der Waals surface area contributed by atoms with Crippen LogP contribution in [0.1, 0.15) is 30.8 Å².